The fourth-order valence-corrected chi connectivity index (χ4v) is 4.14. The van der Waals surface area contributed by atoms with Gasteiger partial charge in [0.2, 0.25) is 5.91 Å². The second-order valence-corrected chi connectivity index (χ2v) is 7.66. The zero-order chi connectivity index (χ0) is 21.6. The van der Waals surface area contributed by atoms with E-state index in [2.05, 4.69) is 38.6 Å². The molecule has 0 aromatic carbocycles. The van der Waals surface area contributed by atoms with E-state index in [1.807, 2.05) is 32.4 Å². The number of methoxy groups -OCH3 is 1. The summed E-state index contributed by atoms with van der Waals surface area (Å²) in [6.07, 6.45) is 7.78. The molecule has 0 spiro atoms. The first kappa shape index (κ1) is 21.1. The van der Waals surface area contributed by atoms with Crippen molar-refractivity contribution < 1.29 is 9.53 Å². The van der Waals surface area contributed by atoms with E-state index in [0.717, 1.165) is 42.7 Å². The Bertz CT molecular complexity index is 1030. The number of ether oxygens (including phenoxy) is 1. The van der Waals surface area contributed by atoms with Crippen LogP contribution < -0.4 is 5.32 Å². The van der Waals surface area contributed by atoms with Crippen molar-refractivity contribution >= 4 is 11.4 Å². The third kappa shape index (κ3) is 4.64. The normalized spacial score (nSPS) is 17.7. The van der Waals surface area contributed by atoms with Crippen molar-refractivity contribution in [1.29, 1.82) is 0 Å². The number of amides is 1. The molecule has 0 bridgehead atoms. The largest absolute Gasteiger partial charge is 0.385 e. The molecule has 10 heteroatoms. The second-order valence-electron chi connectivity index (χ2n) is 7.66. The number of nitrogens with one attached hydrogen (secondary N) is 1. The molecule has 2 atom stereocenters. The molecule has 1 saturated heterocycles. The van der Waals surface area contributed by atoms with Gasteiger partial charge in [-0.15, -0.1) is 5.10 Å². The highest BCUT2D eigenvalue weighted by Gasteiger charge is 2.29. The molecule has 164 valence electrons. The zero-order valence-corrected chi connectivity index (χ0v) is 17.7. The van der Waals surface area contributed by atoms with Crippen LogP contribution in [0.2, 0.25) is 0 Å². The maximum absolute atomic E-state index is 12.2. The second kappa shape index (κ2) is 9.80. The molecule has 10 nitrogen and oxygen atoms in total. The van der Waals surface area contributed by atoms with E-state index < -0.39 is 0 Å². The van der Waals surface area contributed by atoms with Gasteiger partial charge in [-0.05, 0) is 47.9 Å². The number of nitrogens with zero attached hydrogens (tertiary/aromatic N) is 7. The monoisotopic (exact) mass is 424 g/mol. The summed E-state index contributed by atoms with van der Waals surface area (Å²) in [5.41, 5.74) is 2.02. The van der Waals surface area contributed by atoms with Gasteiger partial charge < -0.3 is 9.64 Å². The number of fused-ring (bicyclic) bond motifs is 1. The third-order valence-corrected chi connectivity index (χ3v) is 5.63. The fraction of sp³-hybridized carbons (Fsp3) is 0.476. The summed E-state index contributed by atoms with van der Waals surface area (Å²) in [6.45, 7) is 6.29. The van der Waals surface area contributed by atoms with Gasteiger partial charge >= 0.3 is 0 Å². The Morgan fingerprint density at radius 2 is 2.35 bits per heavy atom. The molecule has 0 saturated carbocycles. The molecule has 1 N–H and O–H groups in total. The average Bonchev–Trinajstić information content (AvgIpc) is 3.47. The summed E-state index contributed by atoms with van der Waals surface area (Å²) in [6, 6.07) is 5.88. The van der Waals surface area contributed by atoms with Crippen LogP contribution >= 0.6 is 0 Å². The lowest BCUT2D eigenvalue weighted by atomic mass is 10.0. The van der Waals surface area contributed by atoms with E-state index in [9.17, 15) is 4.79 Å². The van der Waals surface area contributed by atoms with Crippen LogP contribution in [-0.2, 0) is 16.1 Å². The topological polar surface area (TPSA) is 102 Å². The summed E-state index contributed by atoms with van der Waals surface area (Å²) in [4.78, 5) is 14.0. The van der Waals surface area contributed by atoms with Gasteiger partial charge in [0, 0.05) is 57.3 Å². The Hall–Kier alpha value is -3.11. The number of aryl methyl sites for hydroxylation is 1. The molecular formula is C21H28N8O2. The highest BCUT2D eigenvalue weighted by atomic mass is 16.5. The van der Waals surface area contributed by atoms with Crippen molar-refractivity contribution in [2.24, 2.45) is 0 Å². The van der Waals surface area contributed by atoms with E-state index in [1.54, 1.807) is 13.3 Å². The van der Waals surface area contributed by atoms with Crippen molar-refractivity contribution in [3.8, 4) is 0 Å². The third-order valence-electron chi connectivity index (χ3n) is 5.63. The van der Waals surface area contributed by atoms with Crippen molar-refractivity contribution in [3.63, 3.8) is 0 Å². The number of carbonyl (C=O) groups is 1. The van der Waals surface area contributed by atoms with Crippen molar-refractivity contribution in [3.05, 3.63) is 54.6 Å². The number of likely N-dealkylation sites (tertiary alicyclic amines) is 1. The van der Waals surface area contributed by atoms with Gasteiger partial charge in [-0.2, -0.15) is 5.10 Å². The van der Waals surface area contributed by atoms with Crippen molar-refractivity contribution in [1.82, 2.24) is 40.0 Å². The summed E-state index contributed by atoms with van der Waals surface area (Å²) in [7, 11) is 1.69. The molecule has 1 aliphatic rings. The van der Waals surface area contributed by atoms with Gasteiger partial charge in [0.25, 0.3) is 0 Å². The molecule has 3 aromatic heterocycles. The lowest BCUT2D eigenvalue weighted by Crippen LogP contribution is -2.49. The number of rotatable bonds is 9. The molecule has 31 heavy (non-hydrogen) atoms. The van der Waals surface area contributed by atoms with Gasteiger partial charge in [-0.25, -0.2) is 9.20 Å². The Labute approximate surface area is 180 Å². The Morgan fingerprint density at radius 1 is 1.45 bits per heavy atom. The number of hydrogen-bond acceptors (Lipinski definition) is 7. The van der Waals surface area contributed by atoms with Gasteiger partial charge in [-0.3, -0.25) is 10.1 Å². The molecule has 0 radical (unpaired) electrons. The van der Waals surface area contributed by atoms with Crippen LogP contribution in [-0.4, -0.2) is 73.5 Å². The number of pyridine rings is 1. The molecular weight excluding hydrogens is 396 g/mol. The lowest BCUT2D eigenvalue weighted by Gasteiger charge is -2.35. The first-order valence-corrected chi connectivity index (χ1v) is 10.6. The fourth-order valence-electron chi connectivity index (χ4n) is 4.14. The standard InChI is InChI=1S/C21H28N8O2/c1-3-19(30)27-11-4-7-16(15-27)23-20(17-8-5-12-28-18(17)9-10-22-28)21-24-25-26-29(21)13-6-14-31-2/h3,5,8-10,12,16,20,23H,1,4,6-7,11,13-15H2,2H3. The molecule has 1 amide bonds. The van der Waals surface area contributed by atoms with Crippen LogP contribution in [0.5, 0.6) is 0 Å². The van der Waals surface area contributed by atoms with E-state index in [0.29, 0.717) is 19.7 Å². The Balaban J connectivity index is 1.66. The number of tetrazole rings is 1. The molecule has 3 aromatic rings. The average molecular weight is 425 g/mol. The minimum absolute atomic E-state index is 0.0367. The van der Waals surface area contributed by atoms with E-state index in [4.69, 9.17) is 4.74 Å². The predicted octanol–water partition coefficient (Wildman–Crippen LogP) is 1.21. The smallest absolute Gasteiger partial charge is 0.246 e. The highest BCUT2D eigenvalue weighted by molar-refractivity contribution is 5.87. The molecule has 2 unspecified atom stereocenters. The van der Waals surface area contributed by atoms with Crippen LogP contribution in [0.1, 0.15) is 36.7 Å². The molecule has 4 rings (SSSR count). The van der Waals surface area contributed by atoms with Crippen LogP contribution in [0.4, 0.5) is 0 Å². The summed E-state index contributed by atoms with van der Waals surface area (Å²) < 4.78 is 8.85. The molecule has 1 fully saturated rings. The van der Waals surface area contributed by atoms with E-state index in [1.165, 1.54) is 6.08 Å². The minimum atomic E-state index is -0.248. The predicted molar refractivity (Wildman–Crippen MR) is 114 cm³/mol. The molecule has 1 aliphatic heterocycles. The Morgan fingerprint density at radius 3 is 3.19 bits per heavy atom. The maximum atomic E-state index is 12.2. The first-order valence-electron chi connectivity index (χ1n) is 10.6. The summed E-state index contributed by atoms with van der Waals surface area (Å²) >= 11 is 0. The van der Waals surface area contributed by atoms with Crippen LogP contribution in [0, 0.1) is 0 Å². The Kier molecular flexibility index (Phi) is 6.68. The van der Waals surface area contributed by atoms with E-state index in [-0.39, 0.29) is 18.0 Å². The molecule has 0 aliphatic carbocycles. The van der Waals surface area contributed by atoms with Crippen LogP contribution in [0.15, 0.2) is 43.2 Å². The zero-order valence-electron chi connectivity index (χ0n) is 17.7. The highest BCUT2D eigenvalue weighted by Crippen LogP contribution is 2.26. The quantitative estimate of drug-likeness (QED) is 0.407. The van der Waals surface area contributed by atoms with E-state index >= 15 is 0 Å². The number of carbonyl (C=O) groups excluding carboxylic acids is 1. The van der Waals surface area contributed by atoms with Crippen molar-refractivity contribution in [2.45, 2.75) is 37.9 Å². The van der Waals surface area contributed by atoms with Gasteiger partial charge in [0.1, 0.15) is 0 Å². The number of piperidine rings is 1. The number of aromatic nitrogens is 6. The van der Waals surface area contributed by atoms with Crippen LogP contribution in [0.25, 0.3) is 5.52 Å². The lowest BCUT2D eigenvalue weighted by molar-refractivity contribution is -0.127. The SMILES string of the molecule is C=CC(=O)N1CCCC(NC(c2cccn3nccc23)c2nnnn2CCCOC)C1. The minimum Gasteiger partial charge on any atom is -0.385 e. The first-order chi connectivity index (χ1) is 15.2. The van der Waals surface area contributed by atoms with Gasteiger partial charge in [0.05, 0.1) is 11.6 Å². The van der Waals surface area contributed by atoms with Crippen LogP contribution in [0.3, 0.4) is 0 Å². The van der Waals surface area contributed by atoms with Gasteiger partial charge in [-0.1, -0.05) is 12.6 Å². The van der Waals surface area contributed by atoms with Gasteiger partial charge in [0.15, 0.2) is 5.82 Å². The summed E-state index contributed by atoms with van der Waals surface area (Å²) in [5.74, 6) is 0.697. The van der Waals surface area contributed by atoms with Crippen molar-refractivity contribution in [2.75, 3.05) is 26.8 Å². The molecule has 4 heterocycles. The number of hydrogen-bond donors (Lipinski definition) is 1. The maximum Gasteiger partial charge on any atom is 0.246 e. The summed E-state index contributed by atoms with van der Waals surface area (Å²) in [5, 5.41) is 20.6.